The van der Waals surface area contributed by atoms with E-state index in [1.807, 2.05) is 0 Å². The summed E-state index contributed by atoms with van der Waals surface area (Å²) >= 11 is 3.23. The summed E-state index contributed by atoms with van der Waals surface area (Å²) in [5, 5.41) is 0. The second-order valence-electron chi connectivity index (χ2n) is 2.64. The fourth-order valence-corrected chi connectivity index (χ4v) is 1.32. The third-order valence-electron chi connectivity index (χ3n) is 1.59. The van der Waals surface area contributed by atoms with Crippen molar-refractivity contribution in [3.63, 3.8) is 0 Å². The van der Waals surface area contributed by atoms with Crippen LogP contribution >= 0.6 is 15.9 Å². The summed E-state index contributed by atoms with van der Waals surface area (Å²) in [6, 6.07) is 1.57. The molecule has 0 aliphatic heterocycles. The molecule has 1 heterocycles. The van der Waals surface area contributed by atoms with E-state index in [0.717, 1.165) is 0 Å². The summed E-state index contributed by atoms with van der Waals surface area (Å²) in [4.78, 5) is 20.0. The van der Waals surface area contributed by atoms with Crippen LogP contribution in [0.25, 0.3) is 0 Å². The molecule has 16 heavy (non-hydrogen) atoms. The molecule has 0 aromatic carbocycles. The van der Waals surface area contributed by atoms with Crippen LogP contribution in [0.3, 0.4) is 0 Å². The number of aromatic nitrogens is 1. The molecule has 0 unspecified atom stereocenters. The number of nitrogens with zero attached hydrogens (tertiary/aromatic N) is 1. The topological polar surface area (TPSA) is 60.5 Å². The van der Waals surface area contributed by atoms with Gasteiger partial charge in [-0.2, -0.15) is 0 Å². The third kappa shape index (κ3) is 3.22. The Morgan fingerprint density at radius 3 is 3.06 bits per heavy atom. The Morgan fingerprint density at radius 2 is 2.50 bits per heavy atom. The van der Waals surface area contributed by atoms with E-state index in [2.05, 4.69) is 37.1 Å². The Balaban J connectivity index is 2.76. The van der Waals surface area contributed by atoms with Crippen molar-refractivity contribution in [1.82, 2.24) is 4.98 Å². The summed E-state index contributed by atoms with van der Waals surface area (Å²) in [6.45, 7) is 0.118. The van der Waals surface area contributed by atoms with Gasteiger partial charge in [0, 0.05) is 6.20 Å². The number of nitrogens with one attached hydrogen (secondary N) is 1. The van der Waals surface area contributed by atoms with Gasteiger partial charge in [-0.05, 0) is 22.0 Å². The summed E-state index contributed by atoms with van der Waals surface area (Å²) in [6.07, 6.45) is 6.38. The van der Waals surface area contributed by atoms with Gasteiger partial charge in [0.05, 0.1) is 17.1 Å². The first-order chi connectivity index (χ1) is 7.69. The number of methoxy groups -OCH3 is 1. The highest BCUT2D eigenvalue weighted by Gasteiger charge is 2.09. The Bertz CT molecular complexity index is 429. The van der Waals surface area contributed by atoms with Crippen molar-refractivity contribution in [1.29, 1.82) is 0 Å². The minimum Gasteiger partial charge on any atom is -0.465 e. The van der Waals surface area contributed by atoms with E-state index in [1.54, 1.807) is 6.07 Å². The largest absolute Gasteiger partial charge is 0.465 e. The molecule has 0 saturated heterocycles. The predicted octanol–water partition coefficient (Wildman–Crippen LogP) is 1.61. The number of hydrogen-bond donors (Lipinski definition) is 1. The number of halogens is 1. The van der Waals surface area contributed by atoms with E-state index in [1.165, 1.54) is 13.3 Å². The van der Waals surface area contributed by atoms with Gasteiger partial charge in [-0.15, -0.1) is 6.42 Å². The number of terminal acetylenes is 1. The second kappa shape index (κ2) is 6.10. The number of ether oxygens (including phenoxy) is 1. The quantitative estimate of drug-likeness (QED) is 0.394. The van der Waals surface area contributed by atoms with Gasteiger partial charge in [0.15, 0.2) is 5.82 Å². The molecule has 0 bridgehead atoms. The van der Waals surface area contributed by atoms with Crippen molar-refractivity contribution >= 4 is 27.7 Å². The van der Waals surface area contributed by atoms with Crippen LogP contribution in [0, 0.1) is 12.3 Å². The fourth-order valence-electron chi connectivity index (χ4n) is 0.889. The molecule has 84 valence electrons. The second-order valence-corrected chi connectivity index (χ2v) is 3.50. The molecule has 1 aromatic heterocycles. The SMILES string of the molecule is C#CCONc1ncc(C(=O)OC)cc1Br. The molecule has 0 fully saturated rings. The van der Waals surface area contributed by atoms with Crippen molar-refractivity contribution in [2.45, 2.75) is 0 Å². The van der Waals surface area contributed by atoms with E-state index in [0.29, 0.717) is 15.9 Å². The fraction of sp³-hybridized carbons (Fsp3) is 0.200. The van der Waals surface area contributed by atoms with Crippen LogP contribution in [-0.4, -0.2) is 24.7 Å². The molecule has 0 amide bonds. The van der Waals surface area contributed by atoms with E-state index < -0.39 is 5.97 Å². The summed E-state index contributed by atoms with van der Waals surface area (Å²) in [5.41, 5.74) is 2.89. The molecular formula is C10H9BrN2O3. The van der Waals surface area contributed by atoms with Crippen molar-refractivity contribution in [2.75, 3.05) is 19.2 Å². The third-order valence-corrected chi connectivity index (χ3v) is 2.19. The van der Waals surface area contributed by atoms with Crippen molar-refractivity contribution < 1.29 is 14.4 Å². The highest BCUT2D eigenvalue weighted by Crippen LogP contribution is 2.21. The zero-order valence-electron chi connectivity index (χ0n) is 8.49. The standard InChI is InChI=1S/C10H9BrN2O3/c1-3-4-16-13-9-8(11)5-7(6-12-9)10(14)15-2/h1,5-6H,4H2,2H3,(H,12,13). The molecule has 0 saturated carbocycles. The lowest BCUT2D eigenvalue weighted by molar-refractivity contribution is 0.0600. The number of pyridine rings is 1. The highest BCUT2D eigenvalue weighted by molar-refractivity contribution is 9.10. The van der Waals surface area contributed by atoms with Crippen LogP contribution in [0.15, 0.2) is 16.7 Å². The maximum absolute atomic E-state index is 11.2. The van der Waals surface area contributed by atoms with Crippen LogP contribution in [0.4, 0.5) is 5.82 Å². The molecule has 1 N–H and O–H groups in total. The normalized spacial score (nSPS) is 9.31. The Kier molecular flexibility index (Phi) is 4.76. The zero-order chi connectivity index (χ0) is 12.0. The molecule has 5 nitrogen and oxygen atoms in total. The van der Waals surface area contributed by atoms with Gasteiger partial charge in [0.2, 0.25) is 0 Å². The maximum Gasteiger partial charge on any atom is 0.339 e. The summed E-state index contributed by atoms with van der Waals surface area (Å²) in [5.74, 6) is 2.27. The van der Waals surface area contributed by atoms with Crippen LogP contribution in [0.1, 0.15) is 10.4 Å². The summed E-state index contributed by atoms with van der Waals surface area (Å²) < 4.78 is 5.13. The predicted molar refractivity (Wildman–Crippen MR) is 61.7 cm³/mol. The maximum atomic E-state index is 11.2. The lowest BCUT2D eigenvalue weighted by Gasteiger charge is -2.06. The smallest absolute Gasteiger partial charge is 0.339 e. The van der Waals surface area contributed by atoms with E-state index >= 15 is 0 Å². The van der Waals surface area contributed by atoms with Crippen LogP contribution < -0.4 is 5.48 Å². The molecule has 0 radical (unpaired) electrons. The van der Waals surface area contributed by atoms with Gasteiger partial charge in [-0.3, -0.25) is 4.84 Å². The first kappa shape index (κ1) is 12.5. The molecular weight excluding hydrogens is 276 g/mol. The molecule has 0 aliphatic rings. The Hall–Kier alpha value is -1.58. The van der Waals surface area contributed by atoms with Gasteiger partial charge in [0.1, 0.15) is 6.61 Å². The minimum absolute atomic E-state index is 0.118. The first-order valence-electron chi connectivity index (χ1n) is 4.24. The molecule has 0 aliphatic carbocycles. The van der Waals surface area contributed by atoms with E-state index in [4.69, 9.17) is 11.3 Å². The average molecular weight is 285 g/mol. The Labute approximate surface area is 101 Å². The first-order valence-corrected chi connectivity index (χ1v) is 5.03. The highest BCUT2D eigenvalue weighted by atomic mass is 79.9. The summed E-state index contributed by atoms with van der Waals surface area (Å²) in [7, 11) is 1.30. The number of anilines is 1. The van der Waals surface area contributed by atoms with Gasteiger partial charge < -0.3 is 4.74 Å². The number of rotatable bonds is 4. The molecule has 1 aromatic rings. The van der Waals surface area contributed by atoms with Crippen molar-refractivity contribution in [3.05, 3.63) is 22.3 Å². The molecule has 6 heteroatoms. The molecule has 0 spiro atoms. The van der Waals surface area contributed by atoms with Crippen LogP contribution in [-0.2, 0) is 9.57 Å². The van der Waals surface area contributed by atoms with Gasteiger partial charge in [-0.1, -0.05) is 5.92 Å². The van der Waals surface area contributed by atoms with Gasteiger partial charge >= 0.3 is 5.97 Å². The monoisotopic (exact) mass is 284 g/mol. The zero-order valence-corrected chi connectivity index (χ0v) is 10.1. The Morgan fingerprint density at radius 1 is 1.75 bits per heavy atom. The van der Waals surface area contributed by atoms with E-state index in [9.17, 15) is 4.79 Å². The van der Waals surface area contributed by atoms with Crippen LogP contribution in [0.2, 0.25) is 0 Å². The number of esters is 1. The number of hydrogen-bond acceptors (Lipinski definition) is 5. The lowest BCUT2D eigenvalue weighted by Crippen LogP contribution is -2.06. The minimum atomic E-state index is -0.454. The van der Waals surface area contributed by atoms with Crippen LogP contribution in [0.5, 0.6) is 0 Å². The molecule has 0 atom stereocenters. The number of carbonyl (C=O) groups is 1. The van der Waals surface area contributed by atoms with Crippen molar-refractivity contribution in [3.8, 4) is 12.3 Å². The lowest BCUT2D eigenvalue weighted by atomic mass is 10.3. The van der Waals surface area contributed by atoms with Gasteiger partial charge in [0.25, 0.3) is 0 Å². The number of carbonyl (C=O) groups excluding carboxylic acids is 1. The van der Waals surface area contributed by atoms with E-state index in [-0.39, 0.29) is 6.61 Å². The average Bonchev–Trinajstić information content (AvgIpc) is 2.30. The molecule has 1 rings (SSSR count). The van der Waals surface area contributed by atoms with Gasteiger partial charge in [-0.25, -0.2) is 15.3 Å². The van der Waals surface area contributed by atoms with Crippen molar-refractivity contribution in [2.24, 2.45) is 0 Å².